The molecule has 12 heterocycles. The summed E-state index contributed by atoms with van der Waals surface area (Å²) in [7, 11) is -2.84. The number of fused-ring (bicyclic) bond motifs is 3. The van der Waals surface area contributed by atoms with Gasteiger partial charge in [0.2, 0.25) is 11.9 Å². The number of alkyl halides is 2. The van der Waals surface area contributed by atoms with E-state index >= 15 is 0 Å². The van der Waals surface area contributed by atoms with Gasteiger partial charge in [0.05, 0.1) is 50.6 Å². The monoisotopic (exact) mass is 1650 g/mol. The van der Waals surface area contributed by atoms with Crippen molar-refractivity contribution in [2.24, 2.45) is 0 Å². The molecule has 0 aliphatic carbocycles. The van der Waals surface area contributed by atoms with Crippen LogP contribution in [0.25, 0.3) is 33.5 Å². The number of carbonyl (C=O) groups excluding carboxylic acids is 1. The Morgan fingerprint density at radius 2 is 1.45 bits per heavy atom. The molecule has 5 saturated heterocycles. The number of hydrogen-bond acceptors (Lipinski definition) is 27. The van der Waals surface area contributed by atoms with E-state index in [0.717, 1.165) is 28.7 Å². The minimum absolute atomic E-state index is 0. The number of nitrogens with zero attached hydrogens (tertiary/aromatic N) is 14. The predicted octanol–water partition coefficient (Wildman–Crippen LogP) is 1.33. The van der Waals surface area contributed by atoms with E-state index in [1.807, 2.05) is 0 Å². The molecule has 5 aliphatic rings. The normalized spacial score (nSPS) is 19.8. The molecule has 13 rings (SSSR count). The fourth-order valence-corrected chi connectivity index (χ4v) is 16.4. The quantitative estimate of drug-likeness (QED) is 0.0235. The molecule has 20 N–H and O–H groups in total. The van der Waals surface area contributed by atoms with Crippen LogP contribution < -0.4 is 44.3 Å². The fourth-order valence-electron chi connectivity index (χ4n) is 8.88. The van der Waals surface area contributed by atoms with Gasteiger partial charge in [-0.05, 0) is 55.0 Å². The minimum atomic E-state index is -2.84. The van der Waals surface area contributed by atoms with E-state index in [-0.39, 0.29) is 68.6 Å². The van der Waals surface area contributed by atoms with Crippen molar-refractivity contribution in [2.75, 3.05) is 112 Å². The van der Waals surface area contributed by atoms with Crippen LogP contribution in [0.4, 0.5) is 29.2 Å². The Bertz CT molecular complexity index is 4180. The van der Waals surface area contributed by atoms with Crippen LogP contribution >= 0.6 is 61.8 Å². The third-order valence-corrected chi connectivity index (χ3v) is 22.6. The molecule has 1 amide bonds. The first-order valence-electron chi connectivity index (χ1n) is 28.9. The van der Waals surface area contributed by atoms with Crippen LogP contribution in [-0.4, -0.2) is 240 Å². The van der Waals surface area contributed by atoms with Crippen molar-refractivity contribution in [3.8, 4) is 0 Å². The summed E-state index contributed by atoms with van der Waals surface area (Å²) < 4.78 is 33.8. The van der Waals surface area contributed by atoms with Crippen molar-refractivity contribution in [1.29, 1.82) is 0 Å². The van der Waals surface area contributed by atoms with Gasteiger partial charge in [-0.1, -0.05) is 24.4 Å². The van der Waals surface area contributed by atoms with Gasteiger partial charge in [-0.15, -0.1) is 23.2 Å². The summed E-state index contributed by atoms with van der Waals surface area (Å²) in [5, 5.41) is 54.3. The summed E-state index contributed by atoms with van der Waals surface area (Å²) in [6, 6.07) is 6.36. The van der Waals surface area contributed by atoms with Crippen LogP contribution in [0.2, 0.25) is 0 Å². The van der Waals surface area contributed by atoms with E-state index in [4.69, 9.17) is 107 Å². The van der Waals surface area contributed by atoms with Crippen LogP contribution in [-0.2, 0) is 62.8 Å². The molecule has 1 aromatic carbocycles. The first kappa shape index (κ1) is 76.6. The molecule has 5 fully saturated rings. The summed E-state index contributed by atoms with van der Waals surface area (Å²) in [6.45, 7) is 8.41. The third-order valence-electron chi connectivity index (χ3n) is 13.9. The van der Waals surface area contributed by atoms with Crippen LogP contribution in [0.3, 0.4) is 0 Å². The number of aromatic nitrogens is 14. The van der Waals surface area contributed by atoms with E-state index in [2.05, 4.69) is 94.5 Å². The molecule has 6 atom stereocenters. The first-order chi connectivity index (χ1) is 45.5. The number of amides is 1. The molecule has 522 valence electrons. The van der Waals surface area contributed by atoms with Crippen molar-refractivity contribution in [2.45, 2.75) is 56.4 Å². The second-order valence-corrected chi connectivity index (χ2v) is 28.6. The van der Waals surface area contributed by atoms with E-state index < -0.39 is 74.9 Å². The number of nitrogens with two attached hydrogens (primary N) is 4. The van der Waals surface area contributed by atoms with Gasteiger partial charge in [-0.3, -0.25) is 18.7 Å². The van der Waals surface area contributed by atoms with Gasteiger partial charge in [-0.2, -0.15) is 15.0 Å². The average molecular weight is 1650 g/mol. The van der Waals surface area contributed by atoms with Gasteiger partial charge >= 0.3 is 25.3 Å². The molecule has 45 heteroatoms. The summed E-state index contributed by atoms with van der Waals surface area (Å²) in [4.78, 5) is 92.4. The number of nitrogen functional groups attached to an aromatic ring is 4. The van der Waals surface area contributed by atoms with Crippen LogP contribution in [0.15, 0.2) is 66.5 Å². The number of benzene rings is 1. The van der Waals surface area contributed by atoms with Crippen LogP contribution in [0, 0.1) is 9.28 Å². The van der Waals surface area contributed by atoms with E-state index in [1.54, 1.807) is 23.1 Å². The number of carbonyl (C=O) groups is 3. The molecule has 37 nitrogen and oxygen atoms in total. The number of aromatic amines is 4. The maximum absolute atomic E-state index is 12.3. The zero-order chi connectivity index (χ0) is 68.6. The Kier molecular flexibility index (Phi) is 28.4. The van der Waals surface area contributed by atoms with Crippen LogP contribution in [0.5, 0.6) is 0 Å². The number of nitrogens with one attached hydrogen (secondary N) is 7. The van der Waals surface area contributed by atoms with Crippen LogP contribution in [0.1, 0.15) is 41.5 Å². The van der Waals surface area contributed by atoms with Crippen molar-refractivity contribution in [1.82, 2.24) is 98.4 Å². The van der Waals surface area contributed by atoms with Gasteiger partial charge in [-0.25, -0.2) is 63.3 Å². The molecule has 0 spiro atoms. The molecule has 5 aliphatic heterocycles. The third kappa shape index (κ3) is 20.9. The number of hydrogen-bond donors (Lipinski definition) is 16. The number of carboxylic acids is 2. The van der Waals surface area contributed by atoms with Gasteiger partial charge in [0.25, 0.3) is 5.91 Å². The number of halogens is 2. The SMILES string of the molecule is Nc1ccn([C@@H]2O[C@H](CO)[C@@H](O)[C@@H]2O)c(=O)n1.Nc1nc(=S)c2[nH]cnc2[nH]1.Nc1nc(N)c2nc(CNc3ccc(C(=O)NC(CCC(=O)O)C(=O)O)cc3)cnc2n1.O=P1(N(CCCl)CCCl)NCCCO1.S=P(N1CC1)(N1CC1)N1CC1.S=c1nc[nH]c2nc[nH]c12.[Pt]. The molecule has 0 bridgehead atoms. The maximum Gasteiger partial charge on any atom is 0.351 e. The summed E-state index contributed by atoms with van der Waals surface area (Å²) in [5.41, 5.74) is 26.4. The molecule has 0 saturated carbocycles. The topological polar surface area (TPSA) is 541 Å². The number of carboxylic acid groups (broad SMARTS) is 2. The fraction of sp³-hybridized carbons (Fsp3) is 0.431. The molecular formula is C51H69Cl2N25O12P2PtS3. The van der Waals surface area contributed by atoms with E-state index in [0.29, 0.717) is 75.3 Å². The largest absolute Gasteiger partial charge is 0.481 e. The number of aliphatic hydroxyl groups excluding tert-OH is 3. The van der Waals surface area contributed by atoms with Gasteiger partial charge in [0, 0.05) is 116 Å². The van der Waals surface area contributed by atoms with Crippen molar-refractivity contribution in [3.63, 3.8) is 0 Å². The number of aliphatic carboxylic acids is 2. The number of ether oxygens (including phenoxy) is 1. The Hall–Kier alpha value is -6.78. The molecule has 96 heavy (non-hydrogen) atoms. The molecule has 8 aromatic rings. The molecule has 2 unspecified atom stereocenters. The Morgan fingerprint density at radius 1 is 0.823 bits per heavy atom. The second kappa shape index (κ2) is 35.6. The summed E-state index contributed by atoms with van der Waals surface area (Å²) in [6.07, 6.45) is 3.21. The summed E-state index contributed by atoms with van der Waals surface area (Å²) in [5.74, 6) is -1.75. The number of rotatable bonds is 19. The number of anilines is 5. The number of H-pyrrole nitrogens is 4. The van der Waals surface area contributed by atoms with Gasteiger partial charge in [0.15, 0.2) is 43.8 Å². The maximum atomic E-state index is 12.3. The van der Waals surface area contributed by atoms with Crippen molar-refractivity contribution >= 4 is 154 Å². The van der Waals surface area contributed by atoms with E-state index in [9.17, 15) is 34.0 Å². The molecule has 7 aromatic heterocycles. The Labute approximate surface area is 584 Å². The zero-order valence-corrected chi connectivity index (χ0v) is 58.6. The van der Waals surface area contributed by atoms with Crippen molar-refractivity contribution < 1.29 is 74.8 Å². The summed E-state index contributed by atoms with van der Waals surface area (Å²) >= 11 is 26.8. The Morgan fingerprint density at radius 3 is 2.00 bits per heavy atom. The Balaban J connectivity index is 0.000000172. The molecular weight excluding hydrogens is 1580 g/mol. The zero-order valence-electron chi connectivity index (χ0n) is 50.5. The van der Waals surface area contributed by atoms with E-state index in [1.165, 1.54) is 82.5 Å². The van der Waals surface area contributed by atoms with Gasteiger partial charge in [0.1, 0.15) is 47.7 Å². The standard InChI is InChI=1S/C19H20N8O5.C9H13N3O5.C7H15Cl2N2O2P.C6H12N3PS.C5H5N5S.C5H4N4S.Pt/c20-15-14-16(27-19(21)26-15)23-8-11(24-14)7-22-10-3-1-9(2-4-10)17(30)25-12(18(31)32)5-6-13(28)29;10-5-1-2-12(9(16)11-5)8-7(15)6(14)4(3-13)17-8;8-2-5-11(6-3-9)14(12)10-4-1-7-13-14;11-10(7-1-2-7,8-3-4-8)9-5-6-9;6-5-9-3-2(4(11)10-5)7-1-8-3;10-5-3-4(7-1-6-3)8-2-9-5;/h1-4,8,12,22H,5-7H2,(H,25,30)(H,28,29)(H,31,32)(H4,20,21,23,26,27);1-2,4,6-8,13-15H,3H2,(H2,10,11,16);1-7H2,(H,10,12);1-6H2;1H,(H4,6,7,8,9,10,11);1-2H,(H2,6,7,8,9,10);/t;4-,6-,7+,8-;;;;;/m.1...../s1. The smallest absolute Gasteiger partial charge is 0.351 e. The molecule has 0 radical (unpaired) electrons. The number of aliphatic hydroxyl groups is 3. The predicted molar refractivity (Wildman–Crippen MR) is 360 cm³/mol. The van der Waals surface area contributed by atoms with Crippen molar-refractivity contribution in [3.05, 3.63) is 92.7 Å². The first-order valence-corrected chi connectivity index (χ1v) is 35.0. The second-order valence-electron chi connectivity index (χ2n) is 20.7. The number of imidazole rings is 2. The van der Waals surface area contributed by atoms with Gasteiger partial charge < -0.3 is 88.3 Å². The minimum Gasteiger partial charge on any atom is -0.481 e. The average Bonchev–Trinajstić information content (AvgIpc) is 1.57.